The number of sulfonamides is 1. The summed E-state index contributed by atoms with van der Waals surface area (Å²) in [7, 11) is -4.56. The Bertz CT molecular complexity index is 1840. The third-order valence-electron chi connectivity index (χ3n) is 7.36. The minimum Gasteiger partial charge on any atom is -0.350 e. The van der Waals surface area contributed by atoms with Crippen molar-refractivity contribution in [1.82, 2.24) is 10.2 Å². The highest BCUT2D eigenvalue weighted by Gasteiger charge is 2.37. The second-order valence-electron chi connectivity index (χ2n) is 12.5. The van der Waals surface area contributed by atoms with E-state index in [4.69, 9.17) is 0 Å². The van der Waals surface area contributed by atoms with Gasteiger partial charge in [0.2, 0.25) is 11.8 Å². The van der Waals surface area contributed by atoms with Crippen molar-refractivity contribution in [2.24, 2.45) is 0 Å². The number of nitrogens with zero attached hydrogens (tertiary/aromatic N) is 2. The Morgan fingerprint density at radius 3 is 2.06 bits per heavy atom. The zero-order valence-corrected chi connectivity index (χ0v) is 29.4. The molecule has 48 heavy (non-hydrogen) atoms. The number of halogens is 4. The van der Waals surface area contributed by atoms with Crippen LogP contribution in [0, 0.1) is 6.92 Å². The van der Waals surface area contributed by atoms with Gasteiger partial charge >= 0.3 is 6.18 Å². The number of benzene rings is 4. The normalized spacial score (nSPS) is 12.7. The van der Waals surface area contributed by atoms with Crippen LogP contribution in [-0.4, -0.2) is 43.3 Å². The zero-order valence-electron chi connectivity index (χ0n) is 27.0. The lowest BCUT2D eigenvalue weighted by Crippen LogP contribution is -2.56. The maximum atomic E-state index is 14.5. The zero-order chi connectivity index (χ0) is 35.3. The Morgan fingerprint density at radius 2 is 1.46 bits per heavy atom. The van der Waals surface area contributed by atoms with E-state index in [0.29, 0.717) is 15.9 Å². The van der Waals surface area contributed by atoms with E-state index in [1.807, 2.05) is 18.2 Å². The first-order valence-electron chi connectivity index (χ1n) is 15.1. The standard InChI is InChI=1S/C36H37BrF3N3O4S/c1-25-16-18-31(19-17-25)48(46,47)43(30-15-9-13-28(22-30)36(38,39)40)24-33(44)42(23-27-12-8-14-29(37)20-27)32(34(45)41-35(2,3)4)21-26-10-6-5-7-11-26/h5-20,22,32H,21,23-24H2,1-4H3,(H,41,45)/t32-/m1/s1. The summed E-state index contributed by atoms with van der Waals surface area (Å²) >= 11 is 3.44. The highest BCUT2D eigenvalue weighted by Crippen LogP contribution is 2.33. The van der Waals surface area contributed by atoms with Crippen molar-refractivity contribution in [2.75, 3.05) is 10.8 Å². The fraction of sp³-hybridized carbons (Fsp3) is 0.278. The van der Waals surface area contributed by atoms with E-state index in [1.54, 1.807) is 76.2 Å². The van der Waals surface area contributed by atoms with Gasteiger partial charge in [-0.15, -0.1) is 0 Å². The van der Waals surface area contributed by atoms with Crippen molar-refractivity contribution in [3.8, 4) is 0 Å². The number of carbonyl (C=O) groups excluding carboxylic acids is 2. The summed E-state index contributed by atoms with van der Waals surface area (Å²) in [5.74, 6) is -1.25. The number of alkyl halides is 3. The molecule has 0 bridgehead atoms. The predicted octanol–water partition coefficient (Wildman–Crippen LogP) is 7.53. The quantitative estimate of drug-likeness (QED) is 0.172. The molecule has 0 aromatic heterocycles. The van der Waals surface area contributed by atoms with E-state index in [1.165, 1.54) is 23.1 Å². The van der Waals surface area contributed by atoms with Crippen molar-refractivity contribution in [3.63, 3.8) is 0 Å². The van der Waals surface area contributed by atoms with Gasteiger partial charge in [-0.25, -0.2) is 8.42 Å². The van der Waals surface area contributed by atoms with Crippen LogP contribution in [0.1, 0.15) is 43.0 Å². The lowest BCUT2D eigenvalue weighted by Gasteiger charge is -2.35. The van der Waals surface area contributed by atoms with Crippen LogP contribution in [-0.2, 0) is 38.8 Å². The molecule has 0 aliphatic carbocycles. The van der Waals surface area contributed by atoms with Crippen molar-refractivity contribution < 1.29 is 31.2 Å². The van der Waals surface area contributed by atoms with Crippen molar-refractivity contribution >= 4 is 43.5 Å². The van der Waals surface area contributed by atoms with Crippen LogP contribution in [0.2, 0.25) is 0 Å². The molecule has 2 amide bonds. The van der Waals surface area contributed by atoms with Crippen LogP contribution in [0.5, 0.6) is 0 Å². The summed E-state index contributed by atoms with van der Waals surface area (Å²) in [6, 6.07) is 24.7. The van der Waals surface area contributed by atoms with Crippen molar-refractivity contribution in [2.45, 2.75) is 63.3 Å². The number of amides is 2. The molecular formula is C36H37BrF3N3O4S. The number of carbonyl (C=O) groups is 2. The molecule has 0 saturated carbocycles. The summed E-state index contributed by atoms with van der Waals surface area (Å²) in [5, 5.41) is 2.94. The molecule has 0 radical (unpaired) electrons. The predicted molar refractivity (Wildman–Crippen MR) is 184 cm³/mol. The summed E-state index contributed by atoms with van der Waals surface area (Å²) in [4.78, 5) is 29.6. The van der Waals surface area contributed by atoms with E-state index in [2.05, 4.69) is 21.2 Å². The molecule has 0 spiro atoms. The SMILES string of the molecule is Cc1ccc(S(=O)(=O)N(CC(=O)N(Cc2cccc(Br)c2)[C@H](Cc2ccccc2)C(=O)NC(C)(C)C)c2cccc(C(F)(F)F)c2)cc1. The second-order valence-corrected chi connectivity index (χ2v) is 15.2. The summed E-state index contributed by atoms with van der Waals surface area (Å²) in [6.45, 7) is 6.20. The first-order chi connectivity index (χ1) is 22.4. The van der Waals surface area contributed by atoms with Crippen LogP contribution >= 0.6 is 15.9 Å². The Morgan fingerprint density at radius 1 is 0.833 bits per heavy atom. The van der Waals surface area contributed by atoms with Gasteiger partial charge in [0.25, 0.3) is 10.0 Å². The van der Waals surface area contributed by atoms with Gasteiger partial charge in [0, 0.05) is 23.0 Å². The van der Waals surface area contributed by atoms with Gasteiger partial charge in [-0.2, -0.15) is 13.2 Å². The highest BCUT2D eigenvalue weighted by atomic mass is 79.9. The smallest absolute Gasteiger partial charge is 0.350 e. The van der Waals surface area contributed by atoms with Gasteiger partial charge in [-0.05, 0) is 81.3 Å². The van der Waals surface area contributed by atoms with Gasteiger partial charge < -0.3 is 10.2 Å². The third-order valence-corrected chi connectivity index (χ3v) is 9.64. The Labute approximate surface area is 287 Å². The molecule has 0 aliphatic heterocycles. The monoisotopic (exact) mass is 743 g/mol. The largest absolute Gasteiger partial charge is 0.416 e. The topological polar surface area (TPSA) is 86.8 Å². The Hall–Kier alpha value is -4.16. The molecule has 12 heteroatoms. The number of aryl methyl sites for hydroxylation is 1. The molecule has 0 fully saturated rings. The third kappa shape index (κ3) is 9.70. The highest BCUT2D eigenvalue weighted by molar-refractivity contribution is 9.10. The first kappa shape index (κ1) is 36.7. The average Bonchev–Trinajstić information content (AvgIpc) is 3.01. The van der Waals surface area contributed by atoms with Gasteiger partial charge in [-0.1, -0.05) is 82.2 Å². The summed E-state index contributed by atoms with van der Waals surface area (Å²) < 4.78 is 71.1. The molecule has 1 atom stereocenters. The number of anilines is 1. The molecule has 254 valence electrons. The Kier molecular flexibility index (Phi) is 11.4. The molecule has 0 saturated heterocycles. The molecular weight excluding hydrogens is 707 g/mol. The van der Waals surface area contributed by atoms with Crippen LogP contribution in [0.3, 0.4) is 0 Å². The summed E-state index contributed by atoms with van der Waals surface area (Å²) in [6.07, 6.45) is -4.67. The lowest BCUT2D eigenvalue weighted by molar-refractivity contribution is -0.140. The molecule has 4 rings (SSSR count). The molecule has 1 N–H and O–H groups in total. The van der Waals surface area contributed by atoms with Gasteiger partial charge in [0.05, 0.1) is 16.1 Å². The molecule has 4 aromatic carbocycles. The number of nitrogens with one attached hydrogen (secondary N) is 1. The van der Waals surface area contributed by atoms with Crippen LogP contribution in [0.15, 0.2) is 112 Å². The maximum absolute atomic E-state index is 14.5. The minimum absolute atomic E-state index is 0.0889. The van der Waals surface area contributed by atoms with E-state index < -0.39 is 51.7 Å². The molecule has 4 aromatic rings. The van der Waals surface area contributed by atoms with E-state index in [0.717, 1.165) is 27.7 Å². The van der Waals surface area contributed by atoms with Crippen LogP contribution in [0.25, 0.3) is 0 Å². The molecule has 0 heterocycles. The fourth-order valence-electron chi connectivity index (χ4n) is 5.04. The van der Waals surface area contributed by atoms with Gasteiger partial charge in [0.1, 0.15) is 12.6 Å². The number of hydrogen-bond donors (Lipinski definition) is 1. The van der Waals surface area contributed by atoms with Gasteiger partial charge in [0.15, 0.2) is 0 Å². The van der Waals surface area contributed by atoms with E-state index >= 15 is 0 Å². The van der Waals surface area contributed by atoms with Crippen LogP contribution < -0.4 is 9.62 Å². The summed E-state index contributed by atoms with van der Waals surface area (Å²) in [5.41, 5.74) is 0.0698. The molecule has 0 unspecified atom stereocenters. The van der Waals surface area contributed by atoms with Crippen molar-refractivity contribution in [3.05, 3.63) is 130 Å². The van der Waals surface area contributed by atoms with Gasteiger partial charge in [-0.3, -0.25) is 13.9 Å². The van der Waals surface area contributed by atoms with Crippen molar-refractivity contribution in [1.29, 1.82) is 0 Å². The Balaban J connectivity index is 1.86. The lowest BCUT2D eigenvalue weighted by atomic mass is 10.0. The number of hydrogen-bond acceptors (Lipinski definition) is 4. The van der Waals surface area contributed by atoms with Crippen LogP contribution in [0.4, 0.5) is 18.9 Å². The first-order valence-corrected chi connectivity index (χ1v) is 17.3. The second kappa shape index (κ2) is 14.9. The molecule has 0 aliphatic rings. The number of rotatable bonds is 11. The minimum atomic E-state index is -4.77. The average molecular weight is 745 g/mol. The maximum Gasteiger partial charge on any atom is 0.416 e. The molecule has 7 nitrogen and oxygen atoms in total. The van der Waals surface area contributed by atoms with E-state index in [9.17, 15) is 31.2 Å². The van der Waals surface area contributed by atoms with E-state index in [-0.39, 0.29) is 23.5 Å². The fourth-order valence-corrected chi connectivity index (χ4v) is 6.90.